The molecule has 0 fully saturated rings. The lowest BCUT2D eigenvalue weighted by Crippen LogP contribution is -2.29. The lowest BCUT2D eigenvalue weighted by molar-refractivity contribution is 0.628. The molecule has 8 nitrogen and oxygen atoms in total. The van der Waals surface area contributed by atoms with Gasteiger partial charge in [0.05, 0.1) is 12.8 Å². The standard InChI is InChI=1S/C20H16BrFN6O2/c1-27-17-16(18(29)25-20(27)30)28(11-13-2-6-14(21)7-3-13)19(24-17)26-23-10-12-4-8-15(22)9-5-12/h2-10H,11H2,1H3,(H,24,26)(H,25,29,30)/b23-10-. The molecule has 2 N–H and O–H groups in total. The number of hydrogen-bond donors (Lipinski definition) is 2. The van der Waals surface area contributed by atoms with E-state index in [9.17, 15) is 14.0 Å². The number of aromatic nitrogens is 4. The van der Waals surface area contributed by atoms with Gasteiger partial charge in [0.1, 0.15) is 5.82 Å². The predicted octanol–water partition coefficient (Wildman–Crippen LogP) is 2.82. The van der Waals surface area contributed by atoms with E-state index in [-0.39, 0.29) is 22.9 Å². The van der Waals surface area contributed by atoms with Crippen molar-refractivity contribution in [3.05, 3.63) is 90.8 Å². The van der Waals surface area contributed by atoms with Gasteiger partial charge in [-0.2, -0.15) is 10.1 Å². The lowest BCUT2D eigenvalue weighted by Gasteiger charge is -2.08. The van der Waals surface area contributed by atoms with Crippen LogP contribution in [0, 0.1) is 5.82 Å². The van der Waals surface area contributed by atoms with Crippen molar-refractivity contribution in [1.29, 1.82) is 0 Å². The van der Waals surface area contributed by atoms with E-state index in [4.69, 9.17) is 0 Å². The van der Waals surface area contributed by atoms with Crippen LogP contribution in [-0.4, -0.2) is 25.3 Å². The largest absolute Gasteiger partial charge is 0.329 e. The van der Waals surface area contributed by atoms with Crippen LogP contribution in [0.4, 0.5) is 10.3 Å². The number of anilines is 1. The highest BCUT2D eigenvalue weighted by Gasteiger charge is 2.17. The molecule has 0 unspecified atom stereocenters. The van der Waals surface area contributed by atoms with Crippen molar-refractivity contribution >= 4 is 39.3 Å². The molecular weight excluding hydrogens is 455 g/mol. The van der Waals surface area contributed by atoms with Crippen LogP contribution in [0.25, 0.3) is 11.2 Å². The topological polar surface area (TPSA) is 97.1 Å². The molecule has 30 heavy (non-hydrogen) atoms. The Bertz CT molecular complexity index is 1350. The second kappa shape index (κ2) is 8.07. The maximum atomic E-state index is 13.0. The zero-order valence-corrected chi connectivity index (χ0v) is 17.4. The van der Waals surface area contributed by atoms with Gasteiger partial charge in [-0.15, -0.1) is 0 Å². The van der Waals surface area contributed by atoms with Crippen molar-refractivity contribution in [1.82, 2.24) is 19.1 Å². The van der Waals surface area contributed by atoms with Gasteiger partial charge in [0.15, 0.2) is 11.2 Å². The van der Waals surface area contributed by atoms with Crippen molar-refractivity contribution in [2.45, 2.75) is 6.54 Å². The molecule has 0 amide bonds. The maximum Gasteiger partial charge on any atom is 0.329 e. The smallest absolute Gasteiger partial charge is 0.298 e. The summed E-state index contributed by atoms with van der Waals surface area (Å²) in [5.74, 6) is -0.0467. The van der Waals surface area contributed by atoms with Gasteiger partial charge in [-0.1, -0.05) is 40.2 Å². The van der Waals surface area contributed by atoms with E-state index in [0.29, 0.717) is 12.1 Å². The minimum absolute atomic E-state index is 0.236. The highest BCUT2D eigenvalue weighted by Crippen LogP contribution is 2.19. The number of rotatable bonds is 5. The van der Waals surface area contributed by atoms with E-state index in [1.807, 2.05) is 24.3 Å². The van der Waals surface area contributed by atoms with Gasteiger partial charge in [-0.05, 0) is 35.4 Å². The first-order chi connectivity index (χ1) is 14.4. The first-order valence-electron chi connectivity index (χ1n) is 8.91. The van der Waals surface area contributed by atoms with Gasteiger partial charge in [0.25, 0.3) is 5.56 Å². The summed E-state index contributed by atoms with van der Waals surface area (Å²) in [6.07, 6.45) is 1.51. The summed E-state index contributed by atoms with van der Waals surface area (Å²) in [6, 6.07) is 13.5. The van der Waals surface area contributed by atoms with E-state index >= 15 is 0 Å². The molecule has 0 atom stereocenters. The Morgan fingerprint density at radius 1 is 1.17 bits per heavy atom. The summed E-state index contributed by atoms with van der Waals surface area (Å²) >= 11 is 3.40. The lowest BCUT2D eigenvalue weighted by atomic mass is 10.2. The van der Waals surface area contributed by atoms with Crippen molar-refractivity contribution in [2.24, 2.45) is 12.1 Å². The first kappa shape index (κ1) is 19.8. The number of aromatic amines is 1. The molecular formula is C20H16BrFN6O2. The number of nitrogens with one attached hydrogen (secondary N) is 2. The summed E-state index contributed by atoms with van der Waals surface area (Å²) < 4.78 is 16.9. The van der Waals surface area contributed by atoms with Crippen LogP contribution < -0.4 is 16.7 Å². The predicted molar refractivity (Wildman–Crippen MR) is 116 cm³/mol. The third-order valence-corrected chi connectivity index (χ3v) is 5.04. The van der Waals surface area contributed by atoms with Crippen LogP contribution in [0.2, 0.25) is 0 Å². The number of imidazole rings is 1. The number of nitrogens with zero attached hydrogens (tertiary/aromatic N) is 4. The number of benzene rings is 2. The number of halogens is 2. The number of aryl methyl sites for hydroxylation is 1. The van der Waals surface area contributed by atoms with Crippen molar-refractivity contribution in [3.8, 4) is 0 Å². The van der Waals surface area contributed by atoms with Crippen LogP contribution in [0.3, 0.4) is 0 Å². The summed E-state index contributed by atoms with van der Waals surface area (Å²) in [5, 5.41) is 4.15. The second-order valence-electron chi connectivity index (χ2n) is 6.56. The van der Waals surface area contributed by atoms with Crippen LogP contribution >= 0.6 is 15.9 Å². The van der Waals surface area contributed by atoms with E-state index in [1.54, 1.807) is 16.7 Å². The molecule has 0 aliphatic carbocycles. The summed E-state index contributed by atoms with van der Waals surface area (Å²) in [6.45, 7) is 0.333. The fraction of sp³-hybridized carbons (Fsp3) is 0.100. The number of hydrazone groups is 1. The molecule has 0 aliphatic heterocycles. The fourth-order valence-corrected chi connectivity index (χ4v) is 3.22. The molecule has 2 aromatic carbocycles. The van der Waals surface area contributed by atoms with Crippen molar-refractivity contribution in [2.75, 3.05) is 5.43 Å². The zero-order chi connectivity index (χ0) is 21.3. The summed E-state index contributed by atoms with van der Waals surface area (Å²) in [4.78, 5) is 31.2. The van der Waals surface area contributed by atoms with E-state index in [0.717, 1.165) is 10.0 Å². The van der Waals surface area contributed by atoms with Gasteiger partial charge in [-0.3, -0.25) is 18.9 Å². The molecule has 2 heterocycles. The molecule has 152 valence electrons. The molecule has 0 bridgehead atoms. The van der Waals surface area contributed by atoms with Gasteiger partial charge < -0.3 is 0 Å². The Hall–Kier alpha value is -3.53. The molecule has 0 spiro atoms. The third kappa shape index (κ3) is 3.94. The molecule has 2 aromatic heterocycles. The molecule has 0 saturated carbocycles. The Kier molecular flexibility index (Phi) is 5.32. The van der Waals surface area contributed by atoms with Crippen LogP contribution in [0.1, 0.15) is 11.1 Å². The molecule has 0 radical (unpaired) electrons. The number of H-pyrrole nitrogens is 1. The average molecular weight is 471 g/mol. The summed E-state index contributed by atoms with van der Waals surface area (Å²) in [7, 11) is 1.53. The molecule has 0 aliphatic rings. The normalized spacial score (nSPS) is 11.4. The SMILES string of the molecule is Cn1c(=O)[nH]c(=O)c2c1nc(N/N=C\c1ccc(F)cc1)n2Cc1ccc(Br)cc1. The van der Waals surface area contributed by atoms with Crippen LogP contribution in [0.5, 0.6) is 0 Å². The first-order valence-corrected chi connectivity index (χ1v) is 9.70. The Labute approximate surface area is 177 Å². The minimum Gasteiger partial charge on any atom is -0.298 e. The van der Waals surface area contributed by atoms with Crippen molar-refractivity contribution < 1.29 is 4.39 Å². The molecule has 4 aromatic rings. The van der Waals surface area contributed by atoms with E-state index in [2.05, 4.69) is 36.4 Å². The quantitative estimate of drug-likeness (QED) is 0.346. The van der Waals surface area contributed by atoms with Crippen molar-refractivity contribution in [3.63, 3.8) is 0 Å². The Balaban J connectivity index is 1.77. The molecule has 4 rings (SSSR count). The third-order valence-electron chi connectivity index (χ3n) is 4.51. The van der Waals surface area contributed by atoms with Crippen LogP contribution in [-0.2, 0) is 13.6 Å². The van der Waals surface area contributed by atoms with Gasteiger partial charge >= 0.3 is 5.69 Å². The number of hydrogen-bond acceptors (Lipinski definition) is 5. The van der Waals surface area contributed by atoms with Crippen LogP contribution in [0.15, 0.2) is 67.7 Å². The van der Waals surface area contributed by atoms with E-state index < -0.39 is 11.2 Å². The van der Waals surface area contributed by atoms with Gasteiger partial charge in [-0.25, -0.2) is 14.6 Å². The zero-order valence-electron chi connectivity index (χ0n) is 15.8. The summed E-state index contributed by atoms with van der Waals surface area (Å²) in [5.41, 5.74) is 3.83. The molecule has 0 saturated heterocycles. The Morgan fingerprint density at radius 3 is 2.57 bits per heavy atom. The Morgan fingerprint density at radius 2 is 1.87 bits per heavy atom. The van der Waals surface area contributed by atoms with Gasteiger partial charge in [0.2, 0.25) is 5.95 Å². The highest BCUT2D eigenvalue weighted by atomic mass is 79.9. The average Bonchev–Trinajstić information content (AvgIpc) is 3.08. The number of fused-ring (bicyclic) bond motifs is 1. The maximum absolute atomic E-state index is 13.0. The molecule has 10 heteroatoms. The second-order valence-corrected chi connectivity index (χ2v) is 7.48. The highest BCUT2D eigenvalue weighted by molar-refractivity contribution is 9.10. The van der Waals surface area contributed by atoms with E-state index in [1.165, 1.54) is 30.0 Å². The van der Waals surface area contributed by atoms with Gasteiger partial charge in [0, 0.05) is 11.5 Å². The monoisotopic (exact) mass is 470 g/mol. The minimum atomic E-state index is -0.554. The fourth-order valence-electron chi connectivity index (χ4n) is 2.96.